The minimum atomic E-state index is -3.43. The van der Waals surface area contributed by atoms with Crippen molar-refractivity contribution in [1.82, 2.24) is 5.32 Å². The lowest BCUT2D eigenvalue weighted by Crippen LogP contribution is -2.27. The molecule has 0 unspecified atom stereocenters. The SMILES string of the molecule is Cc1ccc(S(=O)(=O)CCC(=O)NCCc2ccc3ccccc3c2)cc1. The van der Waals surface area contributed by atoms with E-state index >= 15 is 0 Å². The summed E-state index contributed by atoms with van der Waals surface area (Å²) in [6.45, 7) is 2.39. The van der Waals surface area contributed by atoms with Crippen molar-refractivity contribution in [1.29, 1.82) is 0 Å². The van der Waals surface area contributed by atoms with Gasteiger partial charge in [0.15, 0.2) is 9.84 Å². The lowest BCUT2D eigenvalue weighted by molar-refractivity contribution is -0.120. The maximum atomic E-state index is 12.3. The number of rotatable bonds is 7. The van der Waals surface area contributed by atoms with Crippen molar-refractivity contribution >= 4 is 26.5 Å². The lowest BCUT2D eigenvalue weighted by Gasteiger charge is -2.08. The second-order valence-electron chi connectivity index (χ2n) is 6.66. The first-order valence-electron chi connectivity index (χ1n) is 8.98. The number of fused-ring (bicyclic) bond motifs is 1. The third kappa shape index (κ3) is 5.17. The molecule has 3 rings (SSSR count). The monoisotopic (exact) mass is 381 g/mol. The van der Waals surface area contributed by atoms with Gasteiger partial charge in [-0.05, 0) is 41.8 Å². The number of hydrogen-bond donors (Lipinski definition) is 1. The second-order valence-corrected chi connectivity index (χ2v) is 8.77. The molecule has 140 valence electrons. The first-order chi connectivity index (χ1) is 12.9. The highest BCUT2D eigenvalue weighted by molar-refractivity contribution is 7.91. The summed E-state index contributed by atoms with van der Waals surface area (Å²) in [6, 6.07) is 21.1. The number of sulfone groups is 1. The minimum absolute atomic E-state index is 0.0338. The lowest BCUT2D eigenvalue weighted by atomic mass is 10.1. The maximum Gasteiger partial charge on any atom is 0.221 e. The van der Waals surface area contributed by atoms with Gasteiger partial charge in [0.05, 0.1) is 10.6 Å². The van der Waals surface area contributed by atoms with Crippen LogP contribution in [0.25, 0.3) is 10.8 Å². The summed E-state index contributed by atoms with van der Waals surface area (Å²) in [5, 5.41) is 5.17. The van der Waals surface area contributed by atoms with Crippen LogP contribution in [0, 0.1) is 6.92 Å². The van der Waals surface area contributed by atoms with Crippen molar-refractivity contribution in [2.75, 3.05) is 12.3 Å². The van der Waals surface area contributed by atoms with Gasteiger partial charge < -0.3 is 5.32 Å². The van der Waals surface area contributed by atoms with Gasteiger partial charge in [-0.25, -0.2) is 8.42 Å². The van der Waals surface area contributed by atoms with Crippen LogP contribution < -0.4 is 5.32 Å². The molecular formula is C22H23NO3S. The molecule has 0 radical (unpaired) electrons. The van der Waals surface area contributed by atoms with Crippen molar-refractivity contribution in [3.63, 3.8) is 0 Å². The Balaban J connectivity index is 1.48. The van der Waals surface area contributed by atoms with E-state index in [1.165, 1.54) is 10.8 Å². The molecule has 0 atom stereocenters. The van der Waals surface area contributed by atoms with Crippen LogP contribution in [0.1, 0.15) is 17.5 Å². The van der Waals surface area contributed by atoms with Gasteiger partial charge in [-0.1, -0.05) is 60.2 Å². The van der Waals surface area contributed by atoms with Crippen LogP contribution in [-0.2, 0) is 21.1 Å². The number of carbonyl (C=O) groups excluding carboxylic acids is 1. The summed E-state index contributed by atoms with van der Waals surface area (Å²) in [6.07, 6.45) is 0.676. The molecule has 27 heavy (non-hydrogen) atoms. The molecule has 0 bridgehead atoms. The quantitative estimate of drug-likeness (QED) is 0.679. The summed E-state index contributed by atoms with van der Waals surface area (Å²) in [4.78, 5) is 12.3. The second kappa shape index (κ2) is 8.35. The number of aryl methyl sites for hydroxylation is 1. The molecule has 0 heterocycles. The van der Waals surface area contributed by atoms with Crippen LogP contribution in [0.4, 0.5) is 0 Å². The van der Waals surface area contributed by atoms with Gasteiger partial charge in [0.1, 0.15) is 0 Å². The van der Waals surface area contributed by atoms with E-state index in [0.717, 1.165) is 11.1 Å². The Hall–Kier alpha value is -2.66. The standard InChI is InChI=1S/C22H23NO3S/c1-17-6-10-21(11-7-17)27(25,26)15-13-22(24)23-14-12-18-8-9-19-4-2-3-5-20(19)16-18/h2-11,16H,12-15H2,1H3,(H,23,24). The van der Waals surface area contributed by atoms with Gasteiger partial charge >= 0.3 is 0 Å². The molecule has 0 aliphatic heterocycles. The summed E-state index contributed by atoms with van der Waals surface area (Å²) < 4.78 is 24.6. The van der Waals surface area contributed by atoms with Gasteiger partial charge in [-0.2, -0.15) is 0 Å². The molecule has 3 aromatic rings. The van der Waals surface area contributed by atoms with E-state index in [1.54, 1.807) is 24.3 Å². The fourth-order valence-electron chi connectivity index (χ4n) is 2.92. The largest absolute Gasteiger partial charge is 0.356 e. The third-order valence-corrected chi connectivity index (χ3v) is 6.26. The first-order valence-corrected chi connectivity index (χ1v) is 10.6. The highest BCUT2D eigenvalue weighted by atomic mass is 32.2. The van der Waals surface area contributed by atoms with Crippen LogP contribution in [0.2, 0.25) is 0 Å². The Bertz CT molecular complexity index is 1040. The molecular weight excluding hydrogens is 358 g/mol. The van der Waals surface area contributed by atoms with Crippen molar-refractivity contribution in [2.45, 2.75) is 24.7 Å². The van der Waals surface area contributed by atoms with Gasteiger partial charge in [0.2, 0.25) is 5.91 Å². The maximum absolute atomic E-state index is 12.3. The van der Waals surface area contributed by atoms with Crippen molar-refractivity contribution in [3.05, 3.63) is 77.9 Å². The van der Waals surface area contributed by atoms with Gasteiger partial charge in [0, 0.05) is 13.0 Å². The Morgan fingerprint density at radius 1 is 0.926 bits per heavy atom. The van der Waals surface area contributed by atoms with Crippen LogP contribution in [0.3, 0.4) is 0 Å². The molecule has 0 aliphatic rings. The molecule has 0 saturated carbocycles. The van der Waals surface area contributed by atoms with E-state index in [2.05, 4.69) is 35.6 Å². The van der Waals surface area contributed by atoms with Crippen molar-refractivity contribution in [3.8, 4) is 0 Å². The predicted molar refractivity (Wildman–Crippen MR) is 109 cm³/mol. The van der Waals surface area contributed by atoms with Crippen LogP contribution in [0.15, 0.2) is 71.6 Å². The van der Waals surface area contributed by atoms with E-state index in [9.17, 15) is 13.2 Å². The molecule has 3 aromatic carbocycles. The van der Waals surface area contributed by atoms with Crippen LogP contribution in [0.5, 0.6) is 0 Å². The average molecular weight is 381 g/mol. The zero-order valence-electron chi connectivity index (χ0n) is 15.3. The van der Waals surface area contributed by atoms with E-state index < -0.39 is 9.84 Å². The van der Waals surface area contributed by atoms with E-state index in [4.69, 9.17) is 0 Å². The normalized spacial score (nSPS) is 11.4. The summed E-state index contributed by atoms with van der Waals surface area (Å²) in [7, 11) is -3.43. The molecule has 0 aromatic heterocycles. The highest BCUT2D eigenvalue weighted by Gasteiger charge is 2.16. The fraction of sp³-hybridized carbons (Fsp3) is 0.227. The molecule has 1 amide bonds. The minimum Gasteiger partial charge on any atom is -0.356 e. The molecule has 0 spiro atoms. The first kappa shape index (κ1) is 19.1. The number of amides is 1. The van der Waals surface area contributed by atoms with E-state index in [-0.39, 0.29) is 23.0 Å². The molecule has 0 saturated heterocycles. The number of benzene rings is 3. The van der Waals surface area contributed by atoms with Crippen molar-refractivity contribution < 1.29 is 13.2 Å². The molecule has 1 N–H and O–H groups in total. The Morgan fingerprint density at radius 2 is 1.63 bits per heavy atom. The molecule has 0 aliphatic carbocycles. The highest BCUT2D eigenvalue weighted by Crippen LogP contribution is 2.16. The molecule has 0 fully saturated rings. The van der Waals surface area contributed by atoms with Gasteiger partial charge in [-0.3, -0.25) is 4.79 Å². The average Bonchev–Trinajstić information content (AvgIpc) is 2.67. The fourth-order valence-corrected chi connectivity index (χ4v) is 4.16. The van der Waals surface area contributed by atoms with E-state index in [1.807, 2.05) is 19.1 Å². The smallest absolute Gasteiger partial charge is 0.221 e. The molecule has 4 nitrogen and oxygen atoms in total. The third-order valence-electron chi connectivity index (χ3n) is 4.53. The number of nitrogens with one attached hydrogen (secondary N) is 1. The van der Waals surface area contributed by atoms with Gasteiger partial charge in [0.25, 0.3) is 0 Å². The van der Waals surface area contributed by atoms with Crippen molar-refractivity contribution in [2.24, 2.45) is 0 Å². The molecule has 5 heteroatoms. The van der Waals surface area contributed by atoms with E-state index in [0.29, 0.717) is 13.0 Å². The summed E-state index contributed by atoms with van der Waals surface area (Å²) in [5.41, 5.74) is 2.14. The van der Waals surface area contributed by atoms with Crippen LogP contribution >= 0.6 is 0 Å². The Labute approximate surface area is 160 Å². The number of carbonyl (C=O) groups is 1. The number of hydrogen-bond acceptors (Lipinski definition) is 3. The predicted octanol–water partition coefficient (Wildman–Crippen LogP) is 3.67. The zero-order valence-corrected chi connectivity index (χ0v) is 16.1. The Kier molecular flexibility index (Phi) is 5.91. The summed E-state index contributed by atoms with van der Waals surface area (Å²) >= 11 is 0. The van der Waals surface area contributed by atoms with Crippen LogP contribution in [-0.4, -0.2) is 26.6 Å². The Morgan fingerprint density at radius 3 is 2.37 bits per heavy atom. The van der Waals surface area contributed by atoms with Gasteiger partial charge in [-0.15, -0.1) is 0 Å². The summed E-state index contributed by atoms with van der Waals surface area (Å²) in [5.74, 6) is -0.427. The topological polar surface area (TPSA) is 63.2 Å². The zero-order chi connectivity index (χ0) is 19.3.